The number of nitrogens with zero attached hydrogens (tertiary/aromatic N) is 1. The summed E-state index contributed by atoms with van der Waals surface area (Å²) in [7, 11) is 2.68. The molecular formula is C19H26N2O7. The van der Waals surface area contributed by atoms with Gasteiger partial charge in [-0.3, -0.25) is 14.9 Å². The summed E-state index contributed by atoms with van der Waals surface area (Å²) in [5.74, 6) is -1.12. The number of nitro benzene ring substituents is 1. The van der Waals surface area contributed by atoms with Crippen LogP contribution in [-0.2, 0) is 9.53 Å². The number of rotatable bonds is 7. The second-order valence-electron chi connectivity index (χ2n) is 6.73. The topological polar surface area (TPSA) is 117 Å². The van der Waals surface area contributed by atoms with E-state index in [0.29, 0.717) is 0 Å². The van der Waals surface area contributed by atoms with Gasteiger partial charge < -0.3 is 19.5 Å². The molecule has 154 valence electrons. The molecular weight excluding hydrogens is 368 g/mol. The standard InChI is InChI=1S/C19H26N2O7/c1-12(18(22)20-13-8-6-4-5-7-9-13)28-19(23)14-10-16(26-2)17(27-3)11-15(14)21(24)25/h10-13H,4-9H2,1-3H3,(H,20,22)/t12-/m0/s1. The Bertz CT molecular complexity index is 727. The van der Waals surface area contributed by atoms with E-state index in [4.69, 9.17) is 14.2 Å². The molecule has 0 saturated heterocycles. The number of ether oxygens (including phenoxy) is 3. The van der Waals surface area contributed by atoms with Gasteiger partial charge in [-0.1, -0.05) is 25.7 Å². The zero-order valence-corrected chi connectivity index (χ0v) is 16.4. The number of carbonyl (C=O) groups is 2. The van der Waals surface area contributed by atoms with Crippen LogP contribution in [-0.4, -0.2) is 43.2 Å². The molecule has 9 heteroatoms. The van der Waals surface area contributed by atoms with Crippen LogP contribution in [0.15, 0.2) is 12.1 Å². The normalized spacial score (nSPS) is 15.8. The molecule has 1 saturated carbocycles. The zero-order valence-electron chi connectivity index (χ0n) is 16.4. The van der Waals surface area contributed by atoms with E-state index in [1.165, 1.54) is 27.2 Å². The fraction of sp³-hybridized carbons (Fsp3) is 0.579. The number of methoxy groups -OCH3 is 2. The summed E-state index contributed by atoms with van der Waals surface area (Å²) in [6.07, 6.45) is 5.12. The van der Waals surface area contributed by atoms with Crippen molar-refractivity contribution in [2.45, 2.75) is 57.6 Å². The highest BCUT2D eigenvalue weighted by Crippen LogP contribution is 2.35. The van der Waals surface area contributed by atoms with Gasteiger partial charge in [-0.05, 0) is 19.8 Å². The average Bonchev–Trinajstić information content (AvgIpc) is 2.95. The lowest BCUT2D eigenvalue weighted by Gasteiger charge is -2.19. The van der Waals surface area contributed by atoms with Gasteiger partial charge in [0, 0.05) is 12.1 Å². The third-order valence-electron chi connectivity index (χ3n) is 4.77. The zero-order chi connectivity index (χ0) is 20.7. The first-order valence-electron chi connectivity index (χ1n) is 9.29. The summed E-state index contributed by atoms with van der Waals surface area (Å²) in [6.45, 7) is 1.44. The van der Waals surface area contributed by atoms with Gasteiger partial charge in [-0.25, -0.2) is 4.79 Å². The molecule has 0 radical (unpaired) electrons. The van der Waals surface area contributed by atoms with Crippen LogP contribution in [0.4, 0.5) is 5.69 Å². The lowest BCUT2D eigenvalue weighted by Crippen LogP contribution is -2.41. The Hall–Kier alpha value is -2.84. The lowest BCUT2D eigenvalue weighted by atomic mass is 10.1. The van der Waals surface area contributed by atoms with Crippen LogP contribution in [0.25, 0.3) is 0 Å². The highest BCUT2D eigenvalue weighted by molar-refractivity contribution is 5.96. The Morgan fingerprint density at radius 3 is 2.21 bits per heavy atom. The van der Waals surface area contributed by atoms with Crippen LogP contribution in [0, 0.1) is 10.1 Å². The van der Waals surface area contributed by atoms with Crippen molar-refractivity contribution < 1.29 is 28.7 Å². The highest BCUT2D eigenvalue weighted by Gasteiger charge is 2.29. The molecule has 0 unspecified atom stereocenters. The molecule has 0 aliphatic heterocycles. The summed E-state index contributed by atoms with van der Waals surface area (Å²) in [5.41, 5.74) is -0.796. The van der Waals surface area contributed by atoms with Gasteiger partial charge in [0.05, 0.1) is 25.2 Å². The van der Waals surface area contributed by atoms with Crippen molar-refractivity contribution >= 4 is 17.6 Å². The fourth-order valence-corrected chi connectivity index (χ4v) is 3.20. The first-order chi connectivity index (χ1) is 13.4. The number of nitrogens with one attached hydrogen (secondary N) is 1. The van der Waals surface area contributed by atoms with Gasteiger partial charge in [0.25, 0.3) is 11.6 Å². The minimum atomic E-state index is -1.08. The van der Waals surface area contributed by atoms with E-state index < -0.39 is 28.6 Å². The third-order valence-corrected chi connectivity index (χ3v) is 4.77. The number of carbonyl (C=O) groups excluding carboxylic acids is 2. The number of nitro groups is 1. The number of hydrogen-bond donors (Lipinski definition) is 1. The predicted molar refractivity (Wildman–Crippen MR) is 101 cm³/mol. The van der Waals surface area contributed by atoms with E-state index in [2.05, 4.69) is 5.32 Å². The van der Waals surface area contributed by atoms with E-state index in [0.717, 1.165) is 44.6 Å². The second-order valence-corrected chi connectivity index (χ2v) is 6.73. The molecule has 1 aliphatic carbocycles. The van der Waals surface area contributed by atoms with Crippen LogP contribution in [0.1, 0.15) is 55.8 Å². The van der Waals surface area contributed by atoms with Crippen molar-refractivity contribution in [1.29, 1.82) is 0 Å². The summed E-state index contributed by atoms with van der Waals surface area (Å²) < 4.78 is 15.3. The Morgan fingerprint density at radius 2 is 1.68 bits per heavy atom. The van der Waals surface area contributed by atoms with Crippen molar-refractivity contribution in [3.63, 3.8) is 0 Å². The maximum absolute atomic E-state index is 12.5. The van der Waals surface area contributed by atoms with E-state index in [9.17, 15) is 19.7 Å². The summed E-state index contributed by atoms with van der Waals surface area (Å²) in [6, 6.07) is 2.33. The molecule has 1 aromatic carbocycles. The Morgan fingerprint density at radius 1 is 1.11 bits per heavy atom. The van der Waals surface area contributed by atoms with Crippen molar-refractivity contribution in [1.82, 2.24) is 5.32 Å². The number of amides is 1. The molecule has 0 bridgehead atoms. The smallest absolute Gasteiger partial charge is 0.346 e. The molecule has 0 spiro atoms. The van der Waals surface area contributed by atoms with Gasteiger partial charge >= 0.3 is 5.97 Å². The van der Waals surface area contributed by atoms with E-state index in [1.807, 2.05) is 0 Å². The molecule has 2 rings (SSSR count). The number of hydrogen-bond acceptors (Lipinski definition) is 7. The van der Waals surface area contributed by atoms with Gasteiger partial charge in [0.15, 0.2) is 17.6 Å². The van der Waals surface area contributed by atoms with Crippen LogP contribution < -0.4 is 14.8 Å². The monoisotopic (exact) mass is 394 g/mol. The summed E-state index contributed by atoms with van der Waals surface area (Å²) in [4.78, 5) is 35.5. The first-order valence-corrected chi connectivity index (χ1v) is 9.29. The summed E-state index contributed by atoms with van der Waals surface area (Å²) in [5, 5.41) is 14.2. The molecule has 0 heterocycles. The molecule has 1 atom stereocenters. The Labute approximate surface area is 163 Å². The van der Waals surface area contributed by atoms with Crippen molar-refractivity contribution in [3.05, 3.63) is 27.8 Å². The predicted octanol–water partition coefficient (Wildman–Crippen LogP) is 3.00. The minimum absolute atomic E-state index is 0.0616. The van der Waals surface area contributed by atoms with Gasteiger partial charge in [-0.15, -0.1) is 0 Å². The number of esters is 1. The fourth-order valence-electron chi connectivity index (χ4n) is 3.20. The molecule has 1 amide bonds. The molecule has 1 fully saturated rings. The molecule has 1 aromatic rings. The van der Waals surface area contributed by atoms with Crippen molar-refractivity contribution in [3.8, 4) is 11.5 Å². The summed E-state index contributed by atoms with van der Waals surface area (Å²) >= 11 is 0. The van der Waals surface area contributed by atoms with Crippen LogP contribution >= 0.6 is 0 Å². The molecule has 1 aliphatic rings. The van der Waals surface area contributed by atoms with Crippen LogP contribution in [0.5, 0.6) is 11.5 Å². The second kappa shape index (κ2) is 9.91. The molecule has 1 N–H and O–H groups in total. The maximum atomic E-state index is 12.5. The lowest BCUT2D eigenvalue weighted by molar-refractivity contribution is -0.385. The molecule has 9 nitrogen and oxygen atoms in total. The van der Waals surface area contributed by atoms with E-state index >= 15 is 0 Å². The van der Waals surface area contributed by atoms with E-state index in [-0.39, 0.29) is 23.1 Å². The minimum Gasteiger partial charge on any atom is -0.493 e. The quantitative estimate of drug-likeness (QED) is 0.327. The first kappa shape index (κ1) is 21.5. The van der Waals surface area contributed by atoms with E-state index in [1.54, 1.807) is 0 Å². The average molecular weight is 394 g/mol. The third kappa shape index (κ3) is 5.34. The van der Waals surface area contributed by atoms with Gasteiger partial charge in [0.2, 0.25) is 0 Å². The molecule has 0 aromatic heterocycles. The highest BCUT2D eigenvalue weighted by atomic mass is 16.6. The molecule has 28 heavy (non-hydrogen) atoms. The van der Waals surface area contributed by atoms with Crippen molar-refractivity contribution in [2.75, 3.05) is 14.2 Å². The Balaban J connectivity index is 2.12. The Kier molecular flexibility index (Phi) is 7.60. The largest absolute Gasteiger partial charge is 0.493 e. The number of benzene rings is 1. The van der Waals surface area contributed by atoms with Crippen LogP contribution in [0.2, 0.25) is 0 Å². The van der Waals surface area contributed by atoms with Crippen molar-refractivity contribution in [2.24, 2.45) is 0 Å². The van der Waals surface area contributed by atoms with Gasteiger partial charge in [0.1, 0.15) is 5.56 Å². The SMILES string of the molecule is COc1cc(C(=O)O[C@@H](C)C(=O)NC2CCCCCC2)c([N+](=O)[O-])cc1OC. The maximum Gasteiger partial charge on any atom is 0.346 e. The van der Waals surface area contributed by atoms with Gasteiger partial charge in [-0.2, -0.15) is 0 Å². The van der Waals surface area contributed by atoms with Crippen LogP contribution in [0.3, 0.4) is 0 Å².